The first-order valence-corrected chi connectivity index (χ1v) is 9.19. The number of rotatable bonds is 0. The lowest BCUT2D eigenvalue weighted by Gasteiger charge is -2.57. The molecule has 0 bridgehead atoms. The van der Waals surface area contributed by atoms with E-state index in [0.717, 1.165) is 37.0 Å². The predicted molar refractivity (Wildman–Crippen MR) is 89.0 cm³/mol. The minimum absolute atomic E-state index is 0.298. The molecular weight excluding hydrogens is 268 g/mol. The number of hydrogen-bond donors (Lipinski definition) is 0. The fourth-order valence-corrected chi connectivity index (χ4v) is 6.83. The van der Waals surface area contributed by atoms with Crippen LogP contribution in [0, 0.1) is 46.8 Å². The third-order valence-corrected chi connectivity index (χ3v) is 8.16. The van der Waals surface area contributed by atoms with Gasteiger partial charge in [0, 0.05) is 12.3 Å². The van der Waals surface area contributed by atoms with Crippen LogP contribution >= 0.6 is 0 Å². The molecule has 0 aromatic carbocycles. The summed E-state index contributed by atoms with van der Waals surface area (Å²) in [5, 5.41) is 0. The van der Waals surface area contributed by atoms with Gasteiger partial charge in [0.1, 0.15) is 0 Å². The first kappa shape index (κ1) is 14.6. The highest BCUT2D eigenvalue weighted by Crippen LogP contribution is 2.66. The van der Waals surface area contributed by atoms with Gasteiger partial charge in [0.2, 0.25) is 0 Å². The summed E-state index contributed by atoms with van der Waals surface area (Å²) in [7, 11) is 0. The quantitative estimate of drug-likeness (QED) is 0.589. The van der Waals surface area contributed by atoms with E-state index >= 15 is 0 Å². The Kier molecular flexibility index (Phi) is 3.13. The number of fused-ring (bicyclic) bond motifs is 5. The first-order valence-electron chi connectivity index (χ1n) is 9.19. The maximum absolute atomic E-state index is 11.8. The molecule has 4 rings (SSSR count). The van der Waals surface area contributed by atoms with E-state index in [1.165, 1.54) is 37.7 Å². The van der Waals surface area contributed by atoms with Crippen LogP contribution in [0.4, 0.5) is 0 Å². The van der Waals surface area contributed by atoms with Crippen molar-refractivity contribution < 1.29 is 4.79 Å². The van der Waals surface area contributed by atoms with Gasteiger partial charge in [0.15, 0.2) is 5.78 Å². The van der Waals surface area contributed by atoms with E-state index in [9.17, 15) is 4.79 Å². The summed E-state index contributed by atoms with van der Waals surface area (Å²) in [6.45, 7) is 4.93. The van der Waals surface area contributed by atoms with Crippen molar-refractivity contribution in [3.63, 3.8) is 0 Å². The molecule has 0 aromatic heterocycles. The van der Waals surface area contributed by atoms with Crippen LogP contribution in [0.25, 0.3) is 0 Å². The molecule has 0 radical (unpaired) electrons. The summed E-state index contributed by atoms with van der Waals surface area (Å²) in [5.41, 5.74) is 2.16. The maximum atomic E-state index is 11.8. The third-order valence-electron chi connectivity index (χ3n) is 8.16. The molecule has 0 spiro atoms. The predicted octanol–water partition coefficient (Wildman–Crippen LogP) is 4.77. The maximum Gasteiger partial charge on any atom is 0.155 e. The van der Waals surface area contributed by atoms with Crippen LogP contribution in [0.1, 0.15) is 65.2 Å². The molecule has 0 aliphatic heterocycles. The van der Waals surface area contributed by atoms with E-state index in [-0.39, 0.29) is 0 Å². The van der Waals surface area contributed by atoms with E-state index < -0.39 is 0 Å². The molecule has 0 aromatic rings. The van der Waals surface area contributed by atoms with E-state index in [0.29, 0.717) is 22.5 Å². The molecule has 4 aliphatic carbocycles. The van der Waals surface area contributed by atoms with Crippen LogP contribution in [0.2, 0.25) is 0 Å². The Morgan fingerprint density at radius 1 is 1.09 bits per heavy atom. The van der Waals surface area contributed by atoms with Gasteiger partial charge < -0.3 is 0 Å². The lowest BCUT2D eigenvalue weighted by Crippen LogP contribution is -2.50. The zero-order valence-corrected chi connectivity index (χ0v) is 14.0. The van der Waals surface area contributed by atoms with E-state index in [2.05, 4.69) is 19.8 Å². The average molecular weight is 296 g/mol. The van der Waals surface area contributed by atoms with Crippen molar-refractivity contribution in [3.8, 4) is 12.3 Å². The summed E-state index contributed by atoms with van der Waals surface area (Å²) in [6.07, 6.45) is 17.3. The van der Waals surface area contributed by atoms with E-state index in [4.69, 9.17) is 6.42 Å². The van der Waals surface area contributed by atoms with Crippen LogP contribution in [-0.2, 0) is 4.79 Å². The molecule has 1 nitrogen and oxygen atoms in total. The van der Waals surface area contributed by atoms with Crippen molar-refractivity contribution in [2.45, 2.75) is 65.2 Å². The SMILES string of the molecule is C#CC1CCC2C3CCC4=CC(=O)CC[C@]4(C)C3CC[C@]12C. The normalized spacial score (nSPS) is 50.4. The first-order chi connectivity index (χ1) is 10.5. The average Bonchev–Trinajstić information content (AvgIpc) is 2.84. The Morgan fingerprint density at radius 2 is 1.91 bits per heavy atom. The van der Waals surface area contributed by atoms with Crippen LogP contribution in [-0.4, -0.2) is 5.78 Å². The van der Waals surface area contributed by atoms with Crippen molar-refractivity contribution in [1.82, 2.24) is 0 Å². The summed E-state index contributed by atoms with van der Waals surface area (Å²) in [6, 6.07) is 0. The Bertz CT molecular complexity index is 579. The minimum Gasteiger partial charge on any atom is -0.295 e. The van der Waals surface area contributed by atoms with Gasteiger partial charge in [0.05, 0.1) is 0 Å². The fraction of sp³-hybridized carbons (Fsp3) is 0.762. The Balaban J connectivity index is 1.68. The zero-order chi connectivity index (χ0) is 15.5. The highest BCUT2D eigenvalue weighted by Gasteiger charge is 2.58. The molecule has 0 N–H and O–H groups in total. The standard InChI is InChI=1S/C21H28O/c1-4-14-6-8-18-17-7-5-15-13-16(22)9-11-21(15,3)19(17)10-12-20(14,18)2/h1,13-14,17-19H,5-12H2,2-3H3/t14?,17?,18?,19?,20-,21+/m1/s1. The fourth-order valence-electron chi connectivity index (χ4n) is 6.83. The van der Waals surface area contributed by atoms with Crippen molar-refractivity contribution in [3.05, 3.63) is 11.6 Å². The second-order valence-corrected chi connectivity index (χ2v) is 8.81. The van der Waals surface area contributed by atoms with Crippen molar-refractivity contribution in [1.29, 1.82) is 0 Å². The minimum atomic E-state index is 0.298. The lowest BCUT2D eigenvalue weighted by molar-refractivity contribution is -0.117. The monoisotopic (exact) mass is 296 g/mol. The zero-order valence-electron chi connectivity index (χ0n) is 14.0. The number of carbonyl (C=O) groups is 1. The van der Waals surface area contributed by atoms with E-state index in [1.807, 2.05) is 6.08 Å². The van der Waals surface area contributed by atoms with Gasteiger partial charge in [-0.3, -0.25) is 4.79 Å². The molecule has 4 unspecified atom stereocenters. The van der Waals surface area contributed by atoms with Gasteiger partial charge >= 0.3 is 0 Å². The van der Waals surface area contributed by atoms with Gasteiger partial charge in [-0.1, -0.05) is 19.4 Å². The molecular formula is C21H28O. The highest BCUT2D eigenvalue weighted by molar-refractivity contribution is 5.91. The van der Waals surface area contributed by atoms with Crippen LogP contribution in [0.5, 0.6) is 0 Å². The molecule has 0 saturated heterocycles. The van der Waals surface area contributed by atoms with E-state index in [1.54, 1.807) is 0 Å². The van der Waals surface area contributed by atoms with Crippen LogP contribution in [0.3, 0.4) is 0 Å². The number of ketones is 1. The molecule has 22 heavy (non-hydrogen) atoms. The third kappa shape index (κ3) is 1.76. The molecule has 0 heterocycles. The summed E-state index contributed by atoms with van der Waals surface area (Å²) in [4.78, 5) is 11.8. The lowest BCUT2D eigenvalue weighted by atomic mass is 9.47. The van der Waals surface area contributed by atoms with Gasteiger partial charge in [0.25, 0.3) is 0 Å². The summed E-state index contributed by atoms with van der Waals surface area (Å²) >= 11 is 0. The van der Waals surface area contributed by atoms with Gasteiger partial charge in [-0.2, -0.15) is 0 Å². The van der Waals surface area contributed by atoms with Crippen molar-refractivity contribution in [2.75, 3.05) is 0 Å². The van der Waals surface area contributed by atoms with Crippen LogP contribution < -0.4 is 0 Å². The molecule has 6 atom stereocenters. The second kappa shape index (κ2) is 4.73. The van der Waals surface area contributed by atoms with Crippen LogP contribution in [0.15, 0.2) is 11.6 Å². The highest BCUT2D eigenvalue weighted by atomic mass is 16.1. The molecule has 0 amide bonds. The summed E-state index contributed by atoms with van der Waals surface area (Å²) < 4.78 is 0. The Morgan fingerprint density at radius 3 is 2.68 bits per heavy atom. The van der Waals surface area contributed by atoms with Crippen molar-refractivity contribution >= 4 is 5.78 Å². The van der Waals surface area contributed by atoms with Gasteiger partial charge in [-0.05, 0) is 79.6 Å². The topological polar surface area (TPSA) is 17.1 Å². The molecule has 118 valence electrons. The smallest absolute Gasteiger partial charge is 0.155 e. The molecule has 3 fully saturated rings. The molecule has 3 saturated carbocycles. The number of carbonyl (C=O) groups excluding carboxylic acids is 1. The van der Waals surface area contributed by atoms with Gasteiger partial charge in [-0.15, -0.1) is 12.3 Å². The summed E-state index contributed by atoms with van der Waals surface area (Å²) in [5.74, 6) is 6.42. The van der Waals surface area contributed by atoms with Gasteiger partial charge in [-0.25, -0.2) is 0 Å². The number of hydrogen-bond acceptors (Lipinski definition) is 1. The Hall–Kier alpha value is -1.03. The molecule has 1 heteroatoms. The Labute approximate surface area is 134 Å². The number of allylic oxidation sites excluding steroid dienone is 1. The van der Waals surface area contributed by atoms with Crippen molar-refractivity contribution in [2.24, 2.45) is 34.5 Å². The molecule has 4 aliphatic rings. The second-order valence-electron chi connectivity index (χ2n) is 8.81. The number of terminal acetylenes is 1. The largest absolute Gasteiger partial charge is 0.295 e.